The van der Waals surface area contributed by atoms with E-state index in [0.717, 1.165) is 4.68 Å². The molecule has 6 nitrogen and oxygen atoms in total. The molecule has 0 atom stereocenters. The zero-order valence-corrected chi connectivity index (χ0v) is 11.8. The van der Waals surface area contributed by atoms with E-state index in [1.807, 2.05) is 12.1 Å². The van der Waals surface area contributed by atoms with Crippen molar-refractivity contribution in [2.45, 2.75) is 20.4 Å². The second-order valence-electron chi connectivity index (χ2n) is 4.57. The summed E-state index contributed by atoms with van der Waals surface area (Å²) in [5.74, 6) is -0.372. The van der Waals surface area contributed by atoms with E-state index in [-0.39, 0.29) is 18.0 Å². The minimum atomic E-state index is -0.552. The average molecular weight is 282 g/mol. The van der Waals surface area contributed by atoms with Gasteiger partial charge in [-0.3, -0.25) is 9.59 Å². The van der Waals surface area contributed by atoms with Crippen molar-refractivity contribution in [1.82, 2.24) is 9.78 Å². The highest BCUT2D eigenvalue weighted by atomic mass is 16.2. The third kappa shape index (κ3) is 3.15. The van der Waals surface area contributed by atoms with Gasteiger partial charge in [0.15, 0.2) is 0 Å². The Kier molecular flexibility index (Phi) is 4.14. The SMILES string of the molecule is Cc1nn(CC(=O)Nc2ccccc2)c(=O)c(C#N)c1C. The molecule has 1 aromatic heterocycles. The minimum absolute atomic E-state index is 0.0232. The number of para-hydroxylation sites is 1. The maximum absolute atomic E-state index is 12.1. The zero-order valence-electron chi connectivity index (χ0n) is 11.8. The fourth-order valence-electron chi connectivity index (χ4n) is 1.87. The summed E-state index contributed by atoms with van der Waals surface area (Å²) in [6.45, 7) is 3.13. The lowest BCUT2D eigenvalue weighted by molar-refractivity contribution is -0.117. The Balaban J connectivity index is 2.25. The number of nitriles is 1. The number of carbonyl (C=O) groups excluding carboxylic acids is 1. The molecule has 0 aliphatic rings. The van der Waals surface area contributed by atoms with Gasteiger partial charge in [-0.25, -0.2) is 4.68 Å². The van der Waals surface area contributed by atoms with Crippen molar-refractivity contribution in [3.63, 3.8) is 0 Å². The molecule has 1 N–H and O–H groups in total. The number of hydrogen-bond acceptors (Lipinski definition) is 4. The van der Waals surface area contributed by atoms with Crippen molar-refractivity contribution >= 4 is 11.6 Å². The van der Waals surface area contributed by atoms with Gasteiger partial charge in [-0.15, -0.1) is 0 Å². The molecule has 0 spiro atoms. The van der Waals surface area contributed by atoms with E-state index in [2.05, 4.69) is 10.4 Å². The molecule has 1 heterocycles. The minimum Gasteiger partial charge on any atom is -0.324 e. The molecule has 0 unspecified atom stereocenters. The van der Waals surface area contributed by atoms with Crippen molar-refractivity contribution < 1.29 is 4.79 Å². The van der Waals surface area contributed by atoms with E-state index < -0.39 is 5.56 Å². The standard InChI is InChI=1S/C15H14N4O2/c1-10-11(2)18-19(15(21)13(10)8-16)9-14(20)17-12-6-4-3-5-7-12/h3-7H,9H2,1-2H3,(H,17,20). The first-order valence-electron chi connectivity index (χ1n) is 6.36. The second-order valence-corrected chi connectivity index (χ2v) is 4.57. The van der Waals surface area contributed by atoms with Crippen molar-refractivity contribution in [2.75, 3.05) is 5.32 Å². The Bertz CT molecular complexity index is 773. The van der Waals surface area contributed by atoms with E-state index in [9.17, 15) is 9.59 Å². The summed E-state index contributed by atoms with van der Waals surface area (Å²) in [6, 6.07) is 10.8. The van der Waals surface area contributed by atoms with Gasteiger partial charge in [0, 0.05) is 5.69 Å². The molecule has 0 saturated carbocycles. The maximum atomic E-state index is 12.1. The number of nitrogens with one attached hydrogen (secondary N) is 1. The third-order valence-corrected chi connectivity index (χ3v) is 3.10. The fraction of sp³-hybridized carbons (Fsp3) is 0.200. The van der Waals surface area contributed by atoms with Crippen LogP contribution in [0.15, 0.2) is 35.1 Å². The topological polar surface area (TPSA) is 87.8 Å². The predicted octanol–water partition coefficient (Wildman–Crippen LogP) is 1.37. The van der Waals surface area contributed by atoms with Crippen molar-refractivity contribution in [3.05, 3.63) is 57.5 Å². The highest BCUT2D eigenvalue weighted by Gasteiger charge is 2.13. The molecule has 106 valence electrons. The number of amides is 1. The summed E-state index contributed by atoms with van der Waals surface area (Å²) < 4.78 is 1.01. The average Bonchev–Trinajstić information content (AvgIpc) is 2.46. The van der Waals surface area contributed by atoms with Gasteiger partial charge < -0.3 is 5.32 Å². The summed E-state index contributed by atoms with van der Waals surface area (Å²) in [4.78, 5) is 24.0. The molecule has 0 fully saturated rings. The van der Waals surface area contributed by atoms with E-state index in [4.69, 9.17) is 5.26 Å². The molecule has 0 bridgehead atoms. The first-order valence-corrected chi connectivity index (χ1v) is 6.36. The monoisotopic (exact) mass is 282 g/mol. The molecule has 2 rings (SSSR count). The van der Waals surface area contributed by atoms with Crippen molar-refractivity contribution in [2.24, 2.45) is 0 Å². The largest absolute Gasteiger partial charge is 0.324 e. The molecule has 2 aromatic rings. The van der Waals surface area contributed by atoms with Gasteiger partial charge in [-0.1, -0.05) is 18.2 Å². The number of aromatic nitrogens is 2. The Morgan fingerprint density at radius 1 is 1.33 bits per heavy atom. The van der Waals surface area contributed by atoms with Crippen LogP contribution in [-0.2, 0) is 11.3 Å². The molecule has 0 aliphatic carbocycles. The Hall–Kier alpha value is -2.94. The highest BCUT2D eigenvalue weighted by molar-refractivity contribution is 5.90. The van der Waals surface area contributed by atoms with E-state index in [1.165, 1.54) is 0 Å². The molecule has 6 heteroatoms. The molecule has 1 aromatic carbocycles. The Morgan fingerprint density at radius 3 is 2.62 bits per heavy atom. The van der Waals surface area contributed by atoms with Gasteiger partial charge in [0.25, 0.3) is 5.56 Å². The van der Waals surface area contributed by atoms with Crippen LogP contribution in [0.1, 0.15) is 16.8 Å². The van der Waals surface area contributed by atoms with Gasteiger partial charge in [0.1, 0.15) is 18.2 Å². The van der Waals surface area contributed by atoms with Gasteiger partial charge in [0.05, 0.1) is 5.69 Å². The number of anilines is 1. The molecule has 21 heavy (non-hydrogen) atoms. The van der Waals surface area contributed by atoms with E-state index in [0.29, 0.717) is 16.9 Å². The quantitative estimate of drug-likeness (QED) is 0.921. The van der Waals surface area contributed by atoms with Crippen molar-refractivity contribution in [1.29, 1.82) is 5.26 Å². The first-order chi connectivity index (χ1) is 10.0. The first kappa shape index (κ1) is 14.5. The van der Waals surface area contributed by atoms with Crippen LogP contribution in [0, 0.1) is 25.2 Å². The van der Waals surface area contributed by atoms with Crippen LogP contribution in [0.25, 0.3) is 0 Å². The summed E-state index contributed by atoms with van der Waals surface area (Å²) >= 11 is 0. The fourth-order valence-corrected chi connectivity index (χ4v) is 1.87. The number of aryl methyl sites for hydroxylation is 1. The normalized spacial score (nSPS) is 9.95. The van der Waals surface area contributed by atoms with Crippen molar-refractivity contribution in [3.8, 4) is 6.07 Å². The molecule has 1 amide bonds. The lowest BCUT2D eigenvalue weighted by Gasteiger charge is -2.09. The molecular weight excluding hydrogens is 268 g/mol. The molecular formula is C15H14N4O2. The van der Waals surface area contributed by atoms with E-state index >= 15 is 0 Å². The van der Waals surface area contributed by atoms with Crippen LogP contribution in [0.2, 0.25) is 0 Å². The lowest BCUT2D eigenvalue weighted by atomic mass is 10.1. The summed E-state index contributed by atoms with van der Waals surface area (Å²) in [5, 5.41) is 15.7. The number of hydrogen-bond donors (Lipinski definition) is 1. The summed E-state index contributed by atoms with van der Waals surface area (Å²) in [7, 11) is 0. The summed E-state index contributed by atoms with van der Waals surface area (Å²) in [6.07, 6.45) is 0. The van der Waals surface area contributed by atoms with Crippen LogP contribution >= 0.6 is 0 Å². The number of nitrogens with zero attached hydrogens (tertiary/aromatic N) is 3. The number of carbonyl (C=O) groups is 1. The van der Waals surface area contributed by atoms with Crippen LogP contribution in [0.5, 0.6) is 0 Å². The highest BCUT2D eigenvalue weighted by Crippen LogP contribution is 2.06. The zero-order chi connectivity index (χ0) is 15.4. The van der Waals surface area contributed by atoms with Gasteiger partial charge >= 0.3 is 0 Å². The summed E-state index contributed by atoms with van der Waals surface area (Å²) in [5.41, 5.74) is 1.21. The second kappa shape index (κ2) is 6.01. The predicted molar refractivity (Wildman–Crippen MR) is 77.8 cm³/mol. The van der Waals surface area contributed by atoms with E-state index in [1.54, 1.807) is 38.1 Å². The molecule has 0 aliphatic heterocycles. The van der Waals surface area contributed by atoms with Gasteiger partial charge in [-0.2, -0.15) is 10.4 Å². The number of rotatable bonds is 3. The Morgan fingerprint density at radius 2 is 2.00 bits per heavy atom. The number of benzene rings is 1. The van der Waals surface area contributed by atoms with Crippen LogP contribution < -0.4 is 10.9 Å². The van der Waals surface area contributed by atoms with Gasteiger partial charge in [-0.05, 0) is 31.5 Å². The van der Waals surface area contributed by atoms with Gasteiger partial charge in [0.2, 0.25) is 5.91 Å². The van der Waals surface area contributed by atoms with Crippen LogP contribution in [0.3, 0.4) is 0 Å². The molecule has 0 saturated heterocycles. The molecule has 0 radical (unpaired) electrons. The maximum Gasteiger partial charge on any atom is 0.285 e. The van der Waals surface area contributed by atoms with Crippen LogP contribution in [0.4, 0.5) is 5.69 Å². The van der Waals surface area contributed by atoms with Crippen LogP contribution in [-0.4, -0.2) is 15.7 Å². The lowest BCUT2D eigenvalue weighted by Crippen LogP contribution is -2.32. The smallest absolute Gasteiger partial charge is 0.285 e. The third-order valence-electron chi connectivity index (χ3n) is 3.10. The Labute approximate surface area is 121 Å².